The third kappa shape index (κ3) is 1.41. The number of rotatable bonds is 1. The maximum Gasteiger partial charge on any atom is 0.155 e. The summed E-state index contributed by atoms with van der Waals surface area (Å²) in [6.07, 6.45) is 0. The quantitative estimate of drug-likeness (QED) is 0.610. The minimum absolute atomic E-state index is 0.0280. The molecule has 0 amide bonds. The zero-order chi connectivity index (χ0) is 12.7. The van der Waals surface area contributed by atoms with Gasteiger partial charge in [-0.25, -0.2) is 0 Å². The second-order valence-corrected chi connectivity index (χ2v) is 4.13. The minimum Gasteiger partial charge on any atom is -0.507 e. The van der Waals surface area contributed by atoms with Crippen molar-refractivity contribution >= 4 is 11.0 Å². The van der Waals surface area contributed by atoms with E-state index in [2.05, 4.69) is 15.4 Å². The van der Waals surface area contributed by atoms with Crippen molar-refractivity contribution in [2.75, 3.05) is 0 Å². The SMILES string of the molecule is Cc1cc2n[nH]nc2c(O)c1-c1ccccc1O. The highest BCUT2D eigenvalue weighted by Crippen LogP contribution is 2.40. The van der Waals surface area contributed by atoms with Crippen LogP contribution < -0.4 is 0 Å². The van der Waals surface area contributed by atoms with E-state index < -0.39 is 0 Å². The fraction of sp³-hybridized carbons (Fsp3) is 0.0769. The van der Waals surface area contributed by atoms with Gasteiger partial charge < -0.3 is 10.2 Å². The molecule has 2 aromatic carbocycles. The summed E-state index contributed by atoms with van der Waals surface area (Å²) in [5.41, 5.74) is 2.99. The minimum atomic E-state index is 0.0280. The smallest absolute Gasteiger partial charge is 0.155 e. The van der Waals surface area contributed by atoms with Crippen LogP contribution in [0.5, 0.6) is 11.5 Å². The van der Waals surface area contributed by atoms with Crippen LogP contribution in [0.2, 0.25) is 0 Å². The molecule has 5 nitrogen and oxygen atoms in total. The van der Waals surface area contributed by atoms with Gasteiger partial charge in [0.15, 0.2) is 11.3 Å². The largest absolute Gasteiger partial charge is 0.507 e. The molecule has 0 aliphatic rings. The predicted molar refractivity (Wildman–Crippen MR) is 67.4 cm³/mol. The first-order valence-corrected chi connectivity index (χ1v) is 5.50. The molecular weight excluding hydrogens is 230 g/mol. The van der Waals surface area contributed by atoms with Gasteiger partial charge >= 0.3 is 0 Å². The number of nitrogens with one attached hydrogen (secondary N) is 1. The number of nitrogens with zero attached hydrogens (tertiary/aromatic N) is 2. The summed E-state index contributed by atoms with van der Waals surface area (Å²) < 4.78 is 0. The molecule has 1 aromatic heterocycles. The Labute approximate surface area is 103 Å². The highest BCUT2D eigenvalue weighted by Gasteiger charge is 2.16. The number of aromatic amines is 1. The van der Waals surface area contributed by atoms with Gasteiger partial charge in [0.25, 0.3) is 0 Å². The van der Waals surface area contributed by atoms with Crippen LogP contribution in [0, 0.1) is 6.92 Å². The molecule has 0 bridgehead atoms. The summed E-state index contributed by atoms with van der Waals surface area (Å²) in [5, 5.41) is 30.5. The van der Waals surface area contributed by atoms with Crippen molar-refractivity contribution in [2.45, 2.75) is 6.92 Å². The van der Waals surface area contributed by atoms with Crippen LogP contribution in [0.4, 0.5) is 0 Å². The van der Waals surface area contributed by atoms with Crippen LogP contribution in [-0.4, -0.2) is 25.6 Å². The lowest BCUT2D eigenvalue weighted by Crippen LogP contribution is -1.87. The Hall–Kier alpha value is -2.56. The topological polar surface area (TPSA) is 82.0 Å². The Bertz CT molecular complexity index is 734. The first-order valence-electron chi connectivity index (χ1n) is 5.50. The highest BCUT2D eigenvalue weighted by atomic mass is 16.3. The monoisotopic (exact) mass is 241 g/mol. The molecule has 3 aromatic rings. The molecule has 0 atom stereocenters. The van der Waals surface area contributed by atoms with Gasteiger partial charge in [-0.3, -0.25) is 0 Å². The standard InChI is InChI=1S/C13H11N3O2/c1-7-6-9-12(15-16-14-9)13(18)11(7)8-4-2-3-5-10(8)17/h2-6,17-18H,1H3,(H,14,15,16). The molecule has 0 unspecified atom stereocenters. The summed E-state index contributed by atoms with van der Waals surface area (Å²) in [6, 6.07) is 8.70. The van der Waals surface area contributed by atoms with Crippen molar-refractivity contribution < 1.29 is 10.2 Å². The van der Waals surface area contributed by atoms with Gasteiger partial charge in [-0.05, 0) is 24.6 Å². The van der Waals surface area contributed by atoms with Crippen molar-refractivity contribution in [2.24, 2.45) is 0 Å². The fourth-order valence-corrected chi connectivity index (χ4v) is 2.12. The van der Waals surface area contributed by atoms with E-state index in [-0.39, 0.29) is 11.5 Å². The molecule has 0 fully saturated rings. The number of aryl methyl sites for hydroxylation is 1. The van der Waals surface area contributed by atoms with Crippen molar-refractivity contribution in [3.63, 3.8) is 0 Å². The Morgan fingerprint density at radius 3 is 2.67 bits per heavy atom. The maximum atomic E-state index is 10.3. The number of fused-ring (bicyclic) bond motifs is 1. The zero-order valence-electron chi connectivity index (χ0n) is 9.68. The van der Waals surface area contributed by atoms with Crippen molar-refractivity contribution in [3.8, 4) is 22.6 Å². The predicted octanol–water partition coefficient (Wildman–Crippen LogP) is 2.34. The van der Waals surface area contributed by atoms with E-state index in [4.69, 9.17) is 0 Å². The summed E-state index contributed by atoms with van der Waals surface area (Å²) in [4.78, 5) is 0. The molecule has 18 heavy (non-hydrogen) atoms. The van der Waals surface area contributed by atoms with Crippen LogP contribution >= 0.6 is 0 Å². The molecule has 0 saturated carbocycles. The van der Waals surface area contributed by atoms with E-state index >= 15 is 0 Å². The molecule has 5 heteroatoms. The van der Waals surface area contributed by atoms with E-state index in [0.29, 0.717) is 22.2 Å². The van der Waals surface area contributed by atoms with Crippen LogP contribution in [0.1, 0.15) is 5.56 Å². The molecule has 3 N–H and O–H groups in total. The average Bonchev–Trinajstić information content (AvgIpc) is 2.79. The lowest BCUT2D eigenvalue weighted by molar-refractivity contribution is 0.471. The number of benzene rings is 2. The Morgan fingerprint density at radius 1 is 1.11 bits per heavy atom. The van der Waals surface area contributed by atoms with Crippen molar-refractivity contribution in [1.82, 2.24) is 15.4 Å². The van der Waals surface area contributed by atoms with Crippen LogP contribution in [0.25, 0.3) is 22.2 Å². The van der Waals surface area contributed by atoms with Crippen molar-refractivity contribution in [1.29, 1.82) is 0 Å². The number of hydrogen-bond acceptors (Lipinski definition) is 4. The van der Waals surface area contributed by atoms with E-state index in [1.165, 1.54) is 0 Å². The second kappa shape index (κ2) is 3.73. The van der Waals surface area contributed by atoms with Gasteiger partial charge in [0, 0.05) is 11.1 Å². The number of hydrogen-bond donors (Lipinski definition) is 3. The van der Waals surface area contributed by atoms with Gasteiger partial charge in [-0.15, -0.1) is 0 Å². The third-order valence-electron chi connectivity index (χ3n) is 2.96. The van der Waals surface area contributed by atoms with Crippen LogP contribution in [0.15, 0.2) is 30.3 Å². The maximum absolute atomic E-state index is 10.3. The van der Waals surface area contributed by atoms with Crippen molar-refractivity contribution in [3.05, 3.63) is 35.9 Å². The van der Waals surface area contributed by atoms with Gasteiger partial charge in [0.1, 0.15) is 11.3 Å². The number of phenols is 2. The summed E-state index contributed by atoms with van der Waals surface area (Å²) in [5.74, 6) is 0.152. The van der Waals surface area contributed by atoms with Gasteiger partial charge in [-0.2, -0.15) is 15.4 Å². The molecule has 90 valence electrons. The van der Waals surface area contributed by atoms with E-state index in [9.17, 15) is 10.2 Å². The number of para-hydroxylation sites is 1. The summed E-state index contributed by atoms with van der Waals surface area (Å²) in [6.45, 7) is 1.86. The highest BCUT2D eigenvalue weighted by molar-refractivity contribution is 5.92. The number of H-pyrrole nitrogens is 1. The zero-order valence-corrected chi connectivity index (χ0v) is 9.68. The van der Waals surface area contributed by atoms with E-state index in [0.717, 1.165) is 5.56 Å². The summed E-state index contributed by atoms with van der Waals surface area (Å²) in [7, 11) is 0. The third-order valence-corrected chi connectivity index (χ3v) is 2.96. The number of aromatic nitrogens is 3. The Kier molecular flexibility index (Phi) is 2.19. The molecular formula is C13H11N3O2. The molecule has 0 aliphatic carbocycles. The Morgan fingerprint density at radius 2 is 1.89 bits per heavy atom. The molecule has 0 saturated heterocycles. The van der Waals surface area contributed by atoms with E-state index in [1.807, 2.05) is 13.0 Å². The lowest BCUT2D eigenvalue weighted by atomic mass is 9.97. The second-order valence-electron chi connectivity index (χ2n) is 4.13. The van der Waals surface area contributed by atoms with Gasteiger partial charge in [-0.1, -0.05) is 18.2 Å². The van der Waals surface area contributed by atoms with E-state index in [1.54, 1.807) is 24.3 Å². The first kappa shape index (κ1) is 10.6. The van der Waals surface area contributed by atoms with Crippen LogP contribution in [0.3, 0.4) is 0 Å². The number of phenolic OH excluding ortho intramolecular Hbond substituents is 2. The Balaban J connectivity index is 2.39. The lowest BCUT2D eigenvalue weighted by Gasteiger charge is -2.10. The number of aromatic hydroxyl groups is 2. The molecule has 3 rings (SSSR count). The average molecular weight is 241 g/mol. The van der Waals surface area contributed by atoms with Gasteiger partial charge in [0.2, 0.25) is 0 Å². The molecule has 0 aliphatic heterocycles. The molecule has 0 radical (unpaired) electrons. The fourth-order valence-electron chi connectivity index (χ4n) is 2.12. The first-order chi connectivity index (χ1) is 8.68. The van der Waals surface area contributed by atoms with Crippen LogP contribution in [-0.2, 0) is 0 Å². The molecule has 1 heterocycles. The molecule has 0 spiro atoms. The normalized spacial score (nSPS) is 10.9. The van der Waals surface area contributed by atoms with Gasteiger partial charge in [0.05, 0.1) is 0 Å². The summed E-state index contributed by atoms with van der Waals surface area (Å²) >= 11 is 0.